The number of aromatic nitrogens is 2. The Kier molecular flexibility index (Phi) is 3.93. The van der Waals surface area contributed by atoms with Crippen LogP contribution in [0.1, 0.15) is 28.5 Å². The fourth-order valence-electron chi connectivity index (χ4n) is 1.75. The number of hydrogen-bond acceptors (Lipinski definition) is 5. The van der Waals surface area contributed by atoms with E-state index in [9.17, 15) is 0 Å². The molecule has 0 amide bonds. The molecule has 18 heavy (non-hydrogen) atoms. The monoisotopic (exact) mass is 262 g/mol. The molecule has 0 saturated carbocycles. The van der Waals surface area contributed by atoms with Crippen LogP contribution in [-0.2, 0) is 6.54 Å². The van der Waals surface area contributed by atoms with Gasteiger partial charge in [-0.15, -0.1) is 11.3 Å². The van der Waals surface area contributed by atoms with Gasteiger partial charge in [0.2, 0.25) is 0 Å². The highest BCUT2D eigenvalue weighted by molar-refractivity contribution is 7.12. The Labute approximate surface area is 111 Å². The molecule has 0 saturated heterocycles. The maximum atomic E-state index is 5.66. The summed E-state index contributed by atoms with van der Waals surface area (Å²) in [5, 5.41) is 0. The van der Waals surface area contributed by atoms with Crippen LogP contribution in [0.2, 0.25) is 0 Å². The van der Waals surface area contributed by atoms with Gasteiger partial charge in [0.1, 0.15) is 11.6 Å². The fraction of sp³-hybridized carbons (Fsp3) is 0.385. The SMILES string of the molecule is Cc1ccc(C(C)N(C)Cc2nccc(N)n2)s1. The highest BCUT2D eigenvalue weighted by atomic mass is 32.1. The van der Waals surface area contributed by atoms with E-state index in [1.54, 1.807) is 12.3 Å². The second-order valence-corrected chi connectivity index (χ2v) is 5.76. The summed E-state index contributed by atoms with van der Waals surface area (Å²) >= 11 is 1.83. The summed E-state index contributed by atoms with van der Waals surface area (Å²) < 4.78 is 0. The zero-order valence-corrected chi connectivity index (χ0v) is 11.7. The molecule has 0 aromatic carbocycles. The summed E-state index contributed by atoms with van der Waals surface area (Å²) in [6.07, 6.45) is 1.70. The quantitative estimate of drug-likeness (QED) is 0.920. The highest BCUT2D eigenvalue weighted by Gasteiger charge is 2.14. The van der Waals surface area contributed by atoms with Gasteiger partial charge in [-0.25, -0.2) is 9.97 Å². The number of rotatable bonds is 4. The van der Waals surface area contributed by atoms with E-state index < -0.39 is 0 Å². The summed E-state index contributed by atoms with van der Waals surface area (Å²) in [5.41, 5.74) is 5.66. The molecule has 0 spiro atoms. The minimum absolute atomic E-state index is 0.355. The summed E-state index contributed by atoms with van der Waals surface area (Å²) in [7, 11) is 2.08. The molecule has 0 aliphatic rings. The summed E-state index contributed by atoms with van der Waals surface area (Å²) in [6, 6.07) is 6.40. The third kappa shape index (κ3) is 3.05. The van der Waals surface area contributed by atoms with Gasteiger partial charge in [-0.1, -0.05) is 0 Å². The number of thiophene rings is 1. The van der Waals surface area contributed by atoms with E-state index in [1.165, 1.54) is 9.75 Å². The summed E-state index contributed by atoms with van der Waals surface area (Å²) in [5.74, 6) is 1.28. The normalized spacial score (nSPS) is 12.9. The molecule has 0 radical (unpaired) electrons. The molecule has 0 aliphatic heterocycles. The molecule has 0 bridgehead atoms. The van der Waals surface area contributed by atoms with Crippen molar-refractivity contribution in [2.24, 2.45) is 0 Å². The highest BCUT2D eigenvalue weighted by Crippen LogP contribution is 2.26. The smallest absolute Gasteiger partial charge is 0.144 e. The first-order chi connectivity index (χ1) is 8.56. The number of nitrogens with zero attached hydrogens (tertiary/aromatic N) is 3. The Hall–Kier alpha value is -1.46. The number of aryl methyl sites for hydroxylation is 1. The van der Waals surface area contributed by atoms with Crippen LogP contribution in [0.4, 0.5) is 5.82 Å². The van der Waals surface area contributed by atoms with Gasteiger partial charge in [-0.3, -0.25) is 4.90 Å². The molecule has 4 nitrogen and oxygen atoms in total. The van der Waals surface area contributed by atoms with Gasteiger partial charge in [0.25, 0.3) is 0 Å². The van der Waals surface area contributed by atoms with Crippen LogP contribution in [0.25, 0.3) is 0 Å². The number of nitrogen functional groups attached to an aromatic ring is 1. The number of hydrogen-bond donors (Lipinski definition) is 1. The van der Waals surface area contributed by atoms with Crippen LogP contribution < -0.4 is 5.73 Å². The van der Waals surface area contributed by atoms with Crippen LogP contribution in [-0.4, -0.2) is 21.9 Å². The molecule has 2 aromatic heterocycles. The lowest BCUT2D eigenvalue weighted by molar-refractivity contribution is 0.250. The van der Waals surface area contributed by atoms with Gasteiger partial charge in [0, 0.05) is 22.0 Å². The Bertz CT molecular complexity index is 523. The fourth-order valence-corrected chi connectivity index (χ4v) is 2.74. The molecule has 1 unspecified atom stereocenters. The largest absolute Gasteiger partial charge is 0.384 e. The standard InChI is InChI=1S/C13H18N4S/c1-9-4-5-11(18-9)10(2)17(3)8-13-15-7-6-12(14)16-13/h4-7,10H,8H2,1-3H3,(H2,14,15,16). The molecule has 0 fully saturated rings. The zero-order valence-electron chi connectivity index (χ0n) is 10.9. The third-order valence-corrected chi connectivity index (χ3v) is 4.12. The minimum Gasteiger partial charge on any atom is -0.384 e. The van der Waals surface area contributed by atoms with Crippen LogP contribution >= 0.6 is 11.3 Å². The molecule has 5 heteroatoms. The van der Waals surface area contributed by atoms with Crippen molar-refractivity contribution in [2.75, 3.05) is 12.8 Å². The third-order valence-electron chi connectivity index (χ3n) is 2.95. The molecule has 2 rings (SSSR count). The lowest BCUT2D eigenvalue weighted by Crippen LogP contribution is -2.22. The molecule has 2 heterocycles. The van der Waals surface area contributed by atoms with E-state index in [2.05, 4.69) is 47.9 Å². The summed E-state index contributed by atoms with van der Waals surface area (Å²) in [6.45, 7) is 5.02. The van der Waals surface area contributed by atoms with Crippen molar-refractivity contribution in [1.29, 1.82) is 0 Å². The Morgan fingerprint density at radius 3 is 2.78 bits per heavy atom. The molecular formula is C13H18N4S. The predicted octanol–water partition coefficient (Wildman–Crippen LogP) is 2.62. The molecule has 1 atom stereocenters. The van der Waals surface area contributed by atoms with Crippen molar-refractivity contribution in [3.8, 4) is 0 Å². The number of anilines is 1. The van der Waals surface area contributed by atoms with Gasteiger partial charge in [0.15, 0.2) is 0 Å². The summed E-state index contributed by atoms with van der Waals surface area (Å²) in [4.78, 5) is 13.4. The average Bonchev–Trinajstić information content (AvgIpc) is 2.75. The van der Waals surface area contributed by atoms with Crippen molar-refractivity contribution in [3.05, 3.63) is 40.0 Å². The van der Waals surface area contributed by atoms with Crippen molar-refractivity contribution in [1.82, 2.24) is 14.9 Å². The van der Waals surface area contributed by atoms with Crippen LogP contribution in [0.5, 0.6) is 0 Å². The Morgan fingerprint density at radius 2 is 2.17 bits per heavy atom. The molecule has 2 aromatic rings. The lowest BCUT2D eigenvalue weighted by atomic mass is 10.2. The first-order valence-corrected chi connectivity index (χ1v) is 6.72. The first-order valence-electron chi connectivity index (χ1n) is 5.90. The van der Waals surface area contributed by atoms with E-state index in [1.807, 2.05) is 11.3 Å². The molecular weight excluding hydrogens is 244 g/mol. The van der Waals surface area contributed by atoms with Gasteiger partial charge in [0.05, 0.1) is 6.54 Å². The molecule has 96 valence electrons. The average molecular weight is 262 g/mol. The second kappa shape index (κ2) is 5.46. The van der Waals surface area contributed by atoms with E-state index in [-0.39, 0.29) is 0 Å². The van der Waals surface area contributed by atoms with Crippen molar-refractivity contribution in [2.45, 2.75) is 26.4 Å². The first kappa shape index (κ1) is 13.0. The van der Waals surface area contributed by atoms with Crippen LogP contribution in [0.15, 0.2) is 24.4 Å². The van der Waals surface area contributed by atoms with Crippen molar-refractivity contribution >= 4 is 17.2 Å². The maximum Gasteiger partial charge on any atom is 0.144 e. The zero-order chi connectivity index (χ0) is 13.1. The van der Waals surface area contributed by atoms with Gasteiger partial charge >= 0.3 is 0 Å². The van der Waals surface area contributed by atoms with Gasteiger partial charge < -0.3 is 5.73 Å². The van der Waals surface area contributed by atoms with E-state index in [0.717, 1.165) is 5.82 Å². The second-order valence-electron chi connectivity index (χ2n) is 4.44. The van der Waals surface area contributed by atoms with E-state index >= 15 is 0 Å². The van der Waals surface area contributed by atoms with E-state index in [4.69, 9.17) is 5.73 Å². The van der Waals surface area contributed by atoms with Gasteiger partial charge in [-0.05, 0) is 39.1 Å². The predicted molar refractivity (Wildman–Crippen MR) is 75.4 cm³/mol. The van der Waals surface area contributed by atoms with E-state index in [0.29, 0.717) is 18.4 Å². The van der Waals surface area contributed by atoms with Gasteiger partial charge in [-0.2, -0.15) is 0 Å². The molecule has 2 N–H and O–H groups in total. The number of nitrogens with two attached hydrogens (primary N) is 1. The molecule has 0 aliphatic carbocycles. The van der Waals surface area contributed by atoms with Crippen LogP contribution in [0.3, 0.4) is 0 Å². The van der Waals surface area contributed by atoms with Crippen molar-refractivity contribution < 1.29 is 0 Å². The Balaban J connectivity index is 2.05. The minimum atomic E-state index is 0.355. The van der Waals surface area contributed by atoms with Crippen molar-refractivity contribution in [3.63, 3.8) is 0 Å². The topological polar surface area (TPSA) is 55.0 Å². The maximum absolute atomic E-state index is 5.66. The lowest BCUT2D eigenvalue weighted by Gasteiger charge is -2.22. The Morgan fingerprint density at radius 1 is 1.39 bits per heavy atom. The van der Waals surface area contributed by atoms with Crippen LogP contribution in [0, 0.1) is 6.92 Å².